The van der Waals surface area contributed by atoms with Gasteiger partial charge in [0.1, 0.15) is 0 Å². The minimum atomic E-state index is -3.75. The van der Waals surface area contributed by atoms with Crippen LogP contribution in [0.15, 0.2) is 47.4 Å². The highest BCUT2D eigenvalue weighted by Gasteiger charge is 2.20. The first-order chi connectivity index (χ1) is 11.2. The second kappa shape index (κ2) is 7.15. The lowest BCUT2D eigenvalue weighted by atomic mass is 10.0. The van der Waals surface area contributed by atoms with E-state index in [1.165, 1.54) is 31.4 Å². The molecule has 1 atom stereocenters. The number of benzene rings is 2. The van der Waals surface area contributed by atoms with Crippen molar-refractivity contribution in [3.05, 3.63) is 64.7 Å². The summed E-state index contributed by atoms with van der Waals surface area (Å²) < 4.78 is 32.4. The summed E-state index contributed by atoms with van der Waals surface area (Å²) in [7, 11) is -2.50. The van der Waals surface area contributed by atoms with Crippen molar-refractivity contribution < 1.29 is 17.9 Å². The van der Waals surface area contributed by atoms with Gasteiger partial charge in [-0.25, -0.2) is 17.9 Å². The summed E-state index contributed by atoms with van der Waals surface area (Å²) in [6.07, 6.45) is 0. The van der Waals surface area contributed by atoms with Gasteiger partial charge < -0.3 is 4.74 Å². The molecule has 0 aliphatic rings. The lowest BCUT2D eigenvalue weighted by Gasteiger charge is -2.16. The average Bonchev–Trinajstić information content (AvgIpc) is 2.56. The minimum absolute atomic E-state index is 0.0288. The minimum Gasteiger partial charge on any atom is -0.465 e. The number of rotatable bonds is 5. The molecule has 2 rings (SSSR count). The number of hydrogen-bond acceptors (Lipinski definition) is 4. The standard InChI is InChI=1S/C18H21NO4S/c1-12-8-9-15(10-13(12)2)14(3)19-24(21,22)17-7-5-6-16(11-17)18(20)23-4/h5-11,14,19H,1-4H3/t14-/m0/s1. The zero-order valence-corrected chi connectivity index (χ0v) is 15.0. The van der Waals surface area contributed by atoms with Crippen LogP contribution in [0.5, 0.6) is 0 Å². The number of hydrogen-bond donors (Lipinski definition) is 1. The third kappa shape index (κ3) is 4.01. The van der Waals surface area contributed by atoms with E-state index in [0.717, 1.165) is 16.7 Å². The van der Waals surface area contributed by atoms with Crippen LogP contribution in [-0.4, -0.2) is 21.5 Å². The van der Waals surface area contributed by atoms with Crippen LogP contribution in [-0.2, 0) is 14.8 Å². The van der Waals surface area contributed by atoms with Crippen LogP contribution in [0.1, 0.15) is 40.0 Å². The van der Waals surface area contributed by atoms with E-state index in [-0.39, 0.29) is 10.5 Å². The van der Waals surface area contributed by atoms with Crippen molar-refractivity contribution in [2.45, 2.75) is 31.7 Å². The molecule has 0 radical (unpaired) electrons. The first-order valence-corrected chi connectivity index (χ1v) is 9.01. The lowest BCUT2D eigenvalue weighted by Crippen LogP contribution is -2.27. The number of esters is 1. The van der Waals surface area contributed by atoms with Crippen LogP contribution in [0.2, 0.25) is 0 Å². The van der Waals surface area contributed by atoms with Gasteiger partial charge in [-0.3, -0.25) is 0 Å². The Bertz CT molecular complexity index is 859. The fourth-order valence-electron chi connectivity index (χ4n) is 2.31. The van der Waals surface area contributed by atoms with Crippen LogP contribution in [0, 0.1) is 13.8 Å². The molecule has 2 aromatic rings. The molecule has 2 aromatic carbocycles. The summed E-state index contributed by atoms with van der Waals surface area (Å²) >= 11 is 0. The average molecular weight is 347 g/mol. The molecule has 5 nitrogen and oxygen atoms in total. The molecule has 0 amide bonds. The maximum absolute atomic E-state index is 12.6. The highest BCUT2D eigenvalue weighted by molar-refractivity contribution is 7.89. The fourth-order valence-corrected chi connectivity index (χ4v) is 3.59. The maximum atomic E-state index is 12.6. The first kappa shape index (κ1) is 18.2. The molecular formula is C18H21NO4S. The zero-order chi connectivity index (χ0) is 17.9. The van der Waals surface area contributed by atoms with Crippen molar-refractivity contribution >= 4 is 16.0 Å². The topological polar surface area (TPSA) is 72.5 Å². The van der Waals surface area contributed by atoms with E-state index in [1.807, 2.05) is 32.0 Å². The normalized spacial score (nSPS) is 12.7. The van der Waals surface area contributed by atoms with Crippen molar-refractivity contribution in [1.29, 1.82) is 0 Å². The van der Waals surface area contributed by atoms with Gasteiger partial charge in [0.05, 0.1) is 17.6 Å². The third-order valence-corrected chi connectivity index (χ3v) is 5.47. The Hall–Kier alpha value is -2.18. The van der Waals surface area contributed by atoms with Crippen LogP contribution >= 0.6 is 0 Å². The molecule has 1 N–H and O–H groups in total. The molecule has 0 unspecified atom stereocenters. The van der Waals surface area contributed by atoms with Gasteiger partial charge in [-0.1, -0.05) is 24.3 Å². The molecule has 0 heterocycles. The van der Waals surface area contributed by atoms with E-state index in [9.17, 15) is 13.2 Å². The SMILES string of the molecule is COC(=O)c1cccc(S(=O)(=O)N[C@@H](C)c2ccc(C)c(C)c2)c1. The van der Waals surface area contributed by atoms with Gasteiger partial charge in [0.2, 0.25) is 10.0 Å². The van der Waals surface area contributed by atoms with Crippen molar-refractivity contribution in [2.24, 2.45) is 0 Å². The largest absolute Gasteiger partial charge is 0.465 e. The number of ether oxygens (including phenoxy) is 1. The Labute approximate surface area is 142 Å². The summed E-state index contributed by atoms with van der Waals surface area (Å²) in [4.78, 5) is 11.6. The number of aryl methyl sites for hydroxylation is 2. The van der Waals surface area contributed by atoms with Gasteiger partial charge in [0, 0.05) is 6.04 Å². The number of carbonyl (C=O) groups is 1. The first-order valence-electron chi connectivity index (χ1n) is 7.52. The van der Waals surface area contributed by atoms with Crippen LogP contribution < -0.4 is 4.72 Å². The van der Waals surface area contributed by atoms with E-state index in [4.69, 9.17) is 0 Å². The molecular weight excluding hydrogens is 326 g/mol. The summed E-state index contributed by atoms with van der Waals surface area (Å²) in [5.41, 5.74) is 3.33. The summed E-state index contributed by atoms with van der Waals surface area (Å²) in [6.45, 7) is 5.78. The molecule has 128 valence electrons. The number of carbonyl (C=O) groups excluding carboxylic acids is 1. The Kier molecular flexibility index (Phi) is 5.41. The highest BCUT2D eigenvalue weighted by Crippen LogP contribution is 2.20. The number of sulfonamides is 1. The van der Waals surface area contributed by atoms with Crippen LogP contribution in [0.3, 0.4) is 0 Å². The predicted molar refractivity (Wildman–Crippen MR) is 92.4 cm³/mol. The van der Waals surface area contributed by atoms with Gasteiger partial charge in [0.15, 0.2) is 0 Å². The molecule has 24 heavy (non-hydrogen) atoms. The molecule has 0 aliphatic heterocycles. The molecule has 0 aliphatic carbocycles. The molecule has 6 heteroatoms. The Morgan fingerprint density at radius 1 is 1.08 bits per heavy atom. The van der Waals surface area contributed by atoms with Gasteiger partial charge in [-0.05, 0) is 55.7 Å². The van der Waals surface area contributed by atoms with Crippen LogP contribution in [0.4, 0.5) is 0 Å². The number of nitrogens with one attached hydrogen (secondary N) is 1. The molecule has 0 fully saturated rings. The van der Waals surface area contributed by atoms with Gasteiger partial charge in [0.25, 0.3) is 0 Å². The zero-order valence-electron chi connectivity index (χ0n) is 14.2. The van der Waals surface area contributed by atoms with Gasteiger partial charge in [-0.2, -0.15) is 0 Å². The highest BCUT2D eigenvalue weighted by atomic mass is 32.2. The third-order valence-electron chi connectivity index (χ3n) is 3.93. The van der Waals surface area contributed by atoms with Crippen LogP contribution in [0.25, 0.3) is 0 Å². The molecule has 0 saturated heterocycles. The van der Waals surface area contributed by atoms with E-state index in [2.05, 4.69) is 9.46 Å². The van der Waals surface area contributed by atoms with Gasteiger partial charge in [-0.15, -0.1) is 0 Å². The second-order valence-electron chi connectivity index (χ2n) is 5.71. The number of methoxy groups -OCH3 is 1. The van der Waals surface area contributed by atoms with Crippen molar-refractivity contribution in [2.75, 3.05) is 7.11 Å². The Balaban J connectivity index is 2.27. The Morgan fingerprint density at radius 3 is 2.42 bits per heavy atom. The quantitative estimate of drug-likeness (QED) is 0.844. The van der Waals surface area contributed by atoms with E-state index < -0.39 is 22.0 Å². The molecule has 0 bridgehead atoms. The van der Waals surface area contributed by atoms with Gasteiger partial charge >= 0.3 is 5.97 Å². The van der Waals surface area contributed by atoms with Crippen molar-refractivity contribution in [3.8, 4) is 0 Å². The molecule has 0 aromatic heterocycles. The summed E-state index contributed by atoms with van der Waals surface area (Å²) in [6, 6.07) is 11.2. The predicted octanol–water partition coefficient (Wildman–Crippen LogP) is 3.13. The lowest BCUT2D eigenvalue weighted by molar-refractivity contribution is 0.0600. The summed E-state index contributed by atoms with van der Waals surface area (Å²) in [5, 5.41) is 0. The van der Waals surface area contributed by atoms with E-state index in [1.54, 1.807) is 6.92 Å². The smallest absolute Gasteiger partial charge is 0.337 e. The second-order valence-corrected chi connectivity index (χ2v) is 7.42. The Morgan fingerprint density at radius 2 is 1.79 bits per heavy atom. The maximum Gasteiger partial charge on any atom is 0.337 e. The van der Waals surface area contributed by atoms with E-state index >= 15 is 0 Å². The van der Waals surface area contributed by atoms with Crippen molar-refractivity contribution in [1.82, 2.24) is 4.72 Å². The molecule has 0 saturated carbocycles. The fraction of sp³-hybridized carbons (Fsp3) is 0.278. The molecule has 0 spiro atoms. The van der Waals surface area contributed by atoms with Crippen molar-refractivity contribution in [3.63, 3.8) is 0 Å². The van der Waals surface area contributed by atoms with E-state index in [0.29, 0.717) is 0 Å². The monoisotopic (exact) mass is 347 g/mol. The summed E-state index contributed by atoms with van der Waals surface area (Å²) in [5.74, 6) is -0.575.